The van der Waals surface area contributed by atoms with Crippen LogP contribution in [-0.4, -0.2) is 47.5 Å². The van der Waals surface area contributed by atoms with Crippen LogP contribution in [-0.2, 0) is 16.6 Å². The Labute approximate surface area is 191 Å². The Hall–Kier alpha value is -3.48. The van der Waals surface area contributed by atoms with Crippen LogP contribution in [0.5, 0.6) is 0 Å². The lowest BCUT2D eigenvalue weighted by Gasteiger charge is -2.25. The maximum Gasteiger partial charge on any atom is 0.381 e. The third-order valence-electron chi connectivity index (χ3n) is 6.17. The van der Waals surface area contributed by atoms with Crippen molar-refractivity contribution in [3.63, 3.8) is 0 Å². The van der Waals surface area contributed by atoms with Crippen LogP contribution in [0.25, 0.3) is 16.5 Å². The van der Waals surface area contributed by atoms with Gasteiger partial charge in [-0.2, -0.15) is 8.78 Å². The first kappa shape index (κ1) is 22.7. The minimum atomic E-state index is -3.92. The Balaban J connectivity index is 2.20. The lowest BCUT2D eigenvalue weighted by Crippen LogP contribution is -2.39. The Morgan fingerprint density at radius 3 is 2.48 bits per heavy atom. The summed E-state index contributed by atoms with van der Waals surface area (Å²) >= 11 is 0. The molecule has 7 heteroatoms. The third kappa shape index (κ3) is 3.52. The van der Waals surface area contributed by atoms with E-state index in [1.807, 2.05) is 50.2 Å². The van der Waals surface area contributed by atoms with E-state index in [0.717, 1.165) is 16.6 Å². The summed E-state index contributed by atoms with van der Waals surface area (Å²) in [5, 5.41) is 0.672. The first-order chi connectivity index (χ1) is 15.6. The highest BCUT2D eigenvalue weighted by molar-refractivity contribution is 6.12. The fourth-order valence-corrected chi connectivity index (χ4v) is 4.61. The van der Waals surface area contributed by atoms with Gasteiger partial charge in [-0.15, -0.1) is 0 Å². The van der Waals surface area contributed by atoms with Crippen molar-refractivity contribution < 1.29 is 23.1 Å². The van der Waals surface area contributed by atoms with Crippen molar-refractivity contribution in [1.82, 2.24) is 9.47 Å². The van der Waals surface area contributed by atoms with Gasteiger partial charge in [-0.05, 0) is 43.5 Å². The van der Waals surface area contributed by atoms with Gasteiger partial charge in [0.2, 0.25) is 0 Å². The molecule has 33 heavy (non-hydrogen) atoms. The summed E-state index contributed by atoms with van der Waals surface area (Å²) in [5.74, 6) is -5.93. The monoisotopic (exact) mass is 452 g/mol. The van der Waals surface area contributed by atoms with E-state index in [1.165, 1.54) is 18.9 Å². The van der Waals surface area contributed by atoms with Gasteiger partial charge in [-0.25, -0.2) is 4.79 Å². The molecule has 0 N–H and O–H groups in total. The van der Waals surface area contributed by atoms with Gasteiger partial charge in [0.15, 0.2) is 0 Å². The predicted octanol–water partition coefficient (Wildman–Crippen LogP) is 4.88. The number of likely N-dealkylation sites (N-methyl/N-ethyl adjacent to an activating group) is 1. The lowest BCUT2D eigenvalue weighted by molar-refractivity contribution is -0.166. The van der Waals surface area contributed by atoms with Crippen molar-refractivity contribution >= 4 is 28.4 Å². The van der Waals surface area contributed by atoms with E-state index in [9.17, 15) is 9.59 Å². The minimum absolute atomic E-state index is 0.172. The molecule has 0 spiro atoms. The van der Waals surface area contributed by atoms with E-state index >= 15 is 8.78 Å². The topological polar surface area (TPSA) is 51.5 Å². The van der Waals surface area contributed by atoms with Crippen LogP contribution in [0, 0.1) is 13.8 Å². The van der Waals surface area contributed by atoms with E-state index in [2.05, 4.69) is 0 Å². The summed E-state index contributed by atoms with van der Waals surface area (Å²) in [4.78, 5) is 27.1. The summed E-state index contributed by atoms with van der Waals surface area (Å²) in [7, 11) is 3.22. The van der Waals surface area contributed by atoms with Crippen LogP contribution in [0.3, 0.4) is 0 Å². The van der Waals surface area contributed by atoms with E-state index < -0.39 is 24.0 Å². The molecule has 0 radical (unpaired) electrons. The highest BCUT2D eigenvalue weighted by Gasteiger charge is 2.49. The maximum absolute atomic E-state index is 15.7. The van der Waals surface area contributed by atoms with Crippen molar-refractivity contribution in [3.05, 3.63) is 76.0 Å². The van der Waals surface area contributed by atoms with Crippen molar-refractivity contribution in [3.8, 4) is 0 Å². The summed E-state index contributed by atoms with van der Waals surface area (Å²) in [6.07, 6.45) is 0. The van der Waals surface area contributed by atoms with Crippen molar-refractivity contribution in [2.45, 2.75) is 26.7 Å². The standard InChI is InChI=1S/C26H26F2N2O3/c1-6-33-25(32)26(27,28)19-14-29(4)24(31)23-22(18-9-7-8-10-20(18)30(23)5)21(19)17-12-11-15(2)13-16(17)3/h7-13H,6,14H2,1-5H3. The number of hydrogen-bond donors (Lipinski definition) is 0. The second-order valence-electron chi connectivity index (χ2n) is 8.43. The third-order valence-corrected chi connectivity index (χ3v) is 6.17. The molecule has 1 aliphatic heterocycles. The minimum Gasteiger partial charge on any atom is -0.461 e. The molecule has 2 aromatic carbocycles. The predicted molar refractivity (Wildman–Crippen MR) is 123 cm³/mol. The molecule has 0 saturated heterocycles. The number of benzene rings is 2. The molecule has 3 aromatic rings. The number of rotatable bonds is 4. The molecular weight excluding hydrogens is 426 g/mol. The molecule has 1 amide bonds. The normalized spacial score (nSPS) is 14.5. The van der Waals surface area contributed by atoms with Gasteiger partial charge in [-0.1, -0.05) is 42.0 Å². The van der Waals surface area contributed by atoms with Crippen molar-refractivity contribution in [1.29, 1.82) is 0 Å². The Morgan fingerprint density at radius 1 is 1.12 bits per heavy atom. The molecule has 0 atom stereocenters. The number of amides is 1. The zero-order valence-electron chi connectivity index (χ0n) is 19.3. The number of alkyl halides is 2. The average Bonchev–Trinajstić information content (AvgIpc) is 2.99. The van der Waals surface area contributed by atoms with E-state index in [0.29, 0.717) is 22.2 Å². The largest absolute Gasteiger partial charge is 0.461 e. The van der Waals surface area contributed by atoms with Crippen LogP contribution < -0.4 is 0 Å². The average molecular weight is 453 g/mol. The highest BCUT2D eigenvalue weighted by Crippen LogP contribution is 2.44. The fraction of sp³-hybridized carbons (Fsp3) is 0.308. The molecule has 172 valence electrons. The molecule has 0 saturated carbocycles. The van der Waals surface area contributed by atoms with Gasteiger partial charge in [0.05, 0.1) is 6.61 Å². The van der Waals surface area contributed by atoms with E-state index in [4.69, 9.17) is 4.74 Å². The molecule has 0 aliphatic carbocycles. The summed E-state index contributed by atoms with van der Waals surface area (Å²) < 4.78 is 38.0. The van der Waals surface area contributed by atoms with Crippen LogP contribution in [0.2, 0.25) is 0 Å². The summed E-state index contributed by atoms with van der Waals surface area (Å²) in [6.45, 7) is 4.67. The molecule has 5 nitrogen and oxygen atoms in total. The molecule has 1 aromatic heterocycles. The number of esters is 1. The van der Waals surface area contributed by atoms with Gasteiger partial charge in [0, 0.05) is 42.7 Å². The van der Waals surface area contributed by atoms with E-state index in [-0.39, 0.29) is 18.1 Å². The Kier molecular flexibility index (Phi) is 5.60. The summed E-state index contributed by atoms with van der Waals surface area (Å²) in [5.41, 5.74) is 3.53. The van der Waals surface area contributed by atoms with Crippen molar-refractivity contribution in [2.75, 3.05) is 20.2 Å². The Bertz CT molecular complexity index is 1320. The van der Waals surface area contributed by atoms with E-state index in [1.54, 1.807) is 17.7 Å². The van der Waals surface area contributed by atoms with Crippen LogP contribution in [0.15, 0.2) is 48.0 Å². The first-order valence-electron chi connectivity index (χ1n) is 10.8. The molecule has 0 unspecified atom stereocenters. The second-order valence-corrected chi connectivity index (χ2v) is 8.43. The SMILES string of the molecule is CCOC(=O)C(F)(F)C1=C(c2ccc(C)cc2C)c2c(n(C)c3ccccc23)C(=O)N(C)C1. The molecule has 0 bridgehead atoms. The number of para-hydroxylation sites is 1. The smallest absolute Gasteiger partial charge is 0.381 e. The molecule has 0 fully saturated rings. The number of carbonyl (C=O) groups is 2. The highest BCUT2D eigenvalue weighted by atomic mass is 19.3. The second kappa shape index (κ2) is 8.14. The zero-order valence-corrected chi connectivity index (χ0v) is 19.3. The van der Waals surface area contributed by atoms with Crippen LogP contribution >= 0.6 is 0 Å². The number of halogens is 2. The number of aryl methyl sites for hydroxylation is 3. The molecular formula is C26H26F2N2O3. The number of hydrogen-bond acceptors (Lipinski definition) is 3. The van der Waals surface area contributed by atoms with Gasteiger partial charge >= 0.3 is 11.9 Å². The Morgan fingerprint density at radius 2 is 1.82 bits per heavy atom. The maximum atomic E-state index is 15.7. The number of aromatic nitrogens is 1. The number of nitrogens with zero attached hydrogens (tertiary/aromatic N) is 2. The quantitative estimate of drug-likeness (QED) is 0.530. The molecule has 1 aliphatic rings. The van der Waals surface area contributed by atoms with Crippen molar-refractivity contribution in [2.24, 2.45) is 7.05 Å². The summed E-state index contributed by atoms with van der Waals surface area (Å²) in [6, 6.07) is 12.8. The van der Waals surface area contributed by atoms with Crippen LogP contribution in [0.1, 0.15) is 39.7 Å². The zero-order chi connectivity index (χ0) is 24.1. The fourth-order valence-electron chi connectivity index (χ4n) is 4.61. The van der Waals surface area contributed by atoms with Gasteiger partial charge < -0.3 is 14.2 Å². The van der Waals surface area contributed by atoms with Gasteiger partial charge in [-0.3, -0.25) is 4.79 Å². The number of fused-ring (bicyclic) bond motifs is 3. The molecule has 4 rings (SSSR count). The van der Waals surface area contributed by atoms with Gasteiger partial charge in [0.25, 0.3) is 5.91 Å². The number of ether oxygens (including phenoxy) is 1. The van der Waals surface area contributed by atoms with Crippen LogP contribution in [0.4, 0.5) is 8.78 Å². The lowest BCUT2D eigenvalue weighted by atomic mass is 9.86. The first-order valence-corrected chi connectivity index (χ1v) is 10.8. The molecule has 2 heterocycles. The van der Waals surface area contributed by atoms with Gasteiger partial charge in [0.1, 0.15) is 5.69 Å². The number of carbonyl (C=O) groups excluding carboxylic acids is 2.